The lowest BCUT2D eigenvalue weighted by Crippen LogP contribution is -2.08. The molecule has 0 aliphatic rings. The van der Waals surface area contributed by atoms with Gasteiger partial charge in [-0.2, -0.15) is 5.10 Å². The lowest BCUT2D eigenvalue weighted by atomic mass is 10.1. The van der Waals surface area contributed by atoms with Gasteiger partial charge in [0, 0.05) is 18.3 Å². The first-order valence-electron chi connectivity index (χ1n) is 5.28. The van der Waals surface area contributed by atoms with Crippen LogP contribution in [0.15, 0.2) is 0 Å². The summed E-state index contributed by atoms with van der Waals surface area (Å²) < 4.78 is 1.61. The molecular weight excluding hydrogens is 274 g/mol. The van der Waals surface area contributed by atoms with Gasteiger partial charge >= 0.3 is 5.69 Å². The van der Waals surface area contributed by atoms with Crippen LogP contribution in [0.5, 0.6) is 0 Å². The zero-order valence-electron chi connectivity index (χ0n) is 9.73. The molecule has 0 spiro atoms. The summed E-state index contributed by atoms with van der Waals surface area (Å²) in [6.45, 7) is 3.77. The summed E-state index contributed by atoms with van der Waals surface area (Å²) in [4.78, 5) is 10.9. The highest BCUT2D eigenvalue weighted by atomic mass is 79.9. The van der Waals surface area contributed by atoms with Crippen molar-refractivity contribution in [3.63, 3.8) is 0 Å². The molecule has 0 aromatic carbocycles. The van der Waals surface area contributed by atoms with Gasteiger partial charge < -0.3 is 0 Å². The van der Waals surface area contributed by atoms with Crippen LogP contribution in [0.4, 0.5) is 5.69 Å². The maximum Gasteiger partial charge on any atom is 0.313 e. The number of nitro groups is 1. The third-order valence-corrected chi connectivity index (χ3v) is 3.29. The normalized spacial score (nSPS) is 12.8. The highest BCUT2D eigenvalue weighted by Gasteiger charge is 2.24. The van der Waals surface area contributed by atoms with E-state index in [2.05, 4.69) is 28.0 Å². The van der Waals surface area contributed by atoms with Crippen molar-refractivity contribution in [3.05, 3.63) is 21.5 Å². The smallest absolute Gasteiger partial charge is 0.265 e. The van der Waals surface area contributed by atoms with E-state index in [0.29, 0.717) is 17.8 Å². The Balaban J connectivity index is 2.98. The molecule has 1 atom stereocenters. The van der Waals surface area contributed by atoms with Crippen molar-refractivity contribution in [2.75, 3.05) is 0 Å². The zero-order chi connectivity index (χ0) is 12.3. The van der Waals surface area contributed by atoms with Gasteiger partial charge in [-0.05, 0) is 13.3 Å². The van der Waals surface area contributed by atoms with Crippen LogP contribution >= 0.6 is 15.9 Å². The molecule has 0 radical (unpaired) electrons. The molecule has 1 rings (SSSR count). The first-order chi connectivity index (χ1) is 7.47. The van der Waals surface area contributed by atoms with Gasteiger partial charge in [0.15, 0.2) is 0 Å². The van der Waals surface area contributed by atoms with Crippen molar-refractivity contribution in [1.82, 2.24) is 9.78 Å². The van der Waals surface area contributed by atoms with Gasteiger partial charge in [-0.3, -0.25) is 14.8 Å². The van der Waals surface area contributed by atoms with Gasteiger partial charge in [0.25, 0.3) is 0 Å². The predicted octanol–water partition coefficient (Wildman–Crippen LogP) is 2.74. The number of alkyl halides is 1. The average Bonchev–Trinajstić information content (AvgIpc) is 2.41. The first-order valence-corrected chi connectivity index (χ1v) is 6.19. The molecule has 1 aromatic rings. The number of aryl methyl sites for hydroxylation is 2. The van der Waals surface area contributed by atoms with Gasteiger partial charge in [-0.15, -0.1) is 0 Å². The van der Waals surface area contributed by atoms with Crippen LogP contribution in [0, 0.1) is 17.0 Å². The summed E-state index contributed by atoms with van der Waals surface area (Å²) in [6, 6.07) is 0. The maximum absolute atomic E-state index is 10.9. The van der Waals surface area contributed by atoms with Gasteiger partial charge in [-0.25, -0.2) is 0 Å². The first kappa shape index (κ1) is 13.2. The van der Waals surface area contributed by atoms with E-state index in [9.17, 15) is 10.1 Å². The Kier molecular flexibility index (Phi) is 4.46. The van der Waals surface area contributed by atoms with Crippen molar-refractivity contribution in [2.45, 2.75) is 37.9 Å². The van der Waals surface area contributed by atoms with Crippen molar-refractivity contribution < 1.29 is 4.92 Å². The van der Waals surface area contributed by atoms with Crippen LogP contribution in [0.3, 0.4) is 0 Å². The summed E-state index contributed by atoms with van der Waals surface area (Å²) in [5.41, 5.74) is 1.33. The van der Waals surface area contributed by atoms with E-state index >= 15 is 0 Å². The second-order valence-corrected chi connectivity index (χ2v) is 5.15. The summed E-state index contributed by atoms with van der Waals surface area (Å²) in [7, 11) is 1.75. The summed E-state index contributed by atoms with van der Waals surface area (Å²) >= 11 is 3.54. The van der Waals surface area contributed by atoms with Crippen molar-refractivity contribution in [1.29, 1.82) is 0 Å². The largest absolute Gasteiger partial charge is 0.313 e. The van der Waals surface area contributed by atoms with E-state index in [0.717, 1.165) is 12.8 Å². The van der Waals surface area contributed by atoms with Crippen LogP contribution in [0.2, 0.25) is 0 Å². The molecule has 6 heteroatoms. The van der Waals surface area contributed by atoms with Crippen LogP contribution in [0.1, 0.15) is 31.2 Å². The monoisotopic (exact) mass is 289 g/mol. The van der Waals surface area contributed by atoms with Gasteiger partial charge in [-0.1, -0.05) is 29.3 Å². The molecule has 16 heavy (non-hydrogen) atoms. The van der Waals surface area contributed by atoms with E-state index in [4.69, 9.17) is 0 Å². The second kappa shape index (κ2) is 5.43. The van der Waals surface area contributed by atoms with E-state index in [1.54, 1.807) is 18.7 Å². The molecule has 1 unspecified atom stereocenters. The molecule has 1 aromatic heterocycles. The minimum Gasteiger partial charge on any atom is -0.265 e. The summed E-state index contributed by atoms with van der Waals surface area (Å²) in [5, 5.41) is 15.0. The van der Waals surface area contributed by atoms with Crippen molar-refractivity contribution in [2.24, 2.45) is 7.05 Å². The number of halogens is 1. The molecule has 0 N–H and O–H groups in total. The van der Waals surface area contributed by atoms with Crippen molar-refractivity contribution in [3.8, 4) is 0 Å². The Morgan fingerprint density at radius 1 is 1.62 bits per heavy atom. The molecule has 5 nitrogen and oxygen atoms in total. The fraction of sp³-hybridized carbons (Fsp3) is 0.700. The highest BCUT2D eigenvalue weighted by molar-refractivity contribution is 9.09. The maximum atomic E-state index is 10.9. The topological polar surface area (TPSA) is 61.0 Å². The standard InChI is InChI=1S/C10H16BrN3O2/c1-4-5-8(11)6-9-10(14(15)16)7(2)12-13(9)3/h8H,4-6H2,1-3H3. The Bertz CT molecular complexity index is 390. The summed E-state index contributed by atoms with van der Waals surface area (Å²) in [6.07, 6.45) is 2.70. The average molecular weight is 290 g/mol. The Morgan fingerprint density at radius 3 is 2.75 bits per heavy atom. The number of aromatic nitrogens is 2. The summed E-state index contributed by atoms with van der Waals surface area (Å²) in [5.74, 6) is 0. The lowest BCUT2D eigenvalue weighted by Gasteiger charge is -2.07. The number of nitrogens with zero attached hydrogens (tertiary/aromatic N) is 3. The molecule has 0 saturated carbocycles. The van der Waals surface area contributed by atoms with E-state index < -0.39 is 0 Å². The Morgan fingerprint density at radius 2 is 2.25 bits per heavy atom. The highest BCUT2D eigenvalue weighted by Crippen LogP contribution is 2.26. The van der Waals surface area contributed by atoms with E-state index in [1.165, 1.54) is 0 Å². The molecular formula is C10H16BrN3O2. The van der Waals surface area contributed by atoms with Crippen LogP contribution in [0.25, 0.3) is 0 Å². The fourth-order valence-corrected chi connectivity index (χ4v) is 2.55. The Hall–Kier alpha value is -0.910. The van der Waals surface area contributed by atoms with Crippen LogP contribution in [-0.2, 0) is 13.5 Å². The fourth-order valence-electron chi connectivity index (χ4n) is 1.79. The quantitative estimate of drug-likeness (QED) is 0.476. The molecule has 0 amide bonds. The van der Waals surface area contributed by atoms with E-state index in [1.807, 2.05) is 0 Å². The molecule has 0 aliphatic carbocycles. The SMILES string of the molecule is CCCC(Br)Cc1c([N+](=O)[O-])c(C)nn1C. The molecule has 0 saturated heterocycles. The minimum absolute atomic E-state index is 0.156. The second-order valence-electron chi connectivity index (χ2n) is 3.85. The third kappa shape index (κ3) is 2.81. The minimum atomic E-state index is -0.344. The molecule has 1 heterocycles. The van der Waals surface area contributed by atoms with Crippen molar-refractivity contribution >= 4 is 21.6 Å². The molecule has 0 fully saturated rings. The zero-order valence-corrected chi connectivity index (χ0v) is 11.3. The van der Waals surface area contributed by atoms with E-state index in [-0.39, 0.29) is 15.4 Å². The predicted molar refractivity (Wildman–Crippen MR) is 65.9 cm³/mol. The third-order valence-electron chi connectivity index (χ3n) is 2.51. The molecule has 0 aliphatic heterocycles. The number of hydrogen-bond donors (Lipinski definition) is 0. The number of hydrogen-bond acceptors (Lipinski definition) is 3. The number of rotatable bonds is 5. The molecule has 90 valence electrons. The van der Waals surface area contributed by atoms with Gasteiger partial charge in [0.1, 0.15) is 11.4 Å². The van der Waals surface area contributed by atoms with Gasteiger partial charge in [0.2, 0.25) is 0 Å². The van der Waals surface area contributed by atoms with Crippen LogP contribution < -0.4 is 0 Å². The van der Waals surface area contributed by atoms with Crippen LogP contribution in [-0.4, -0.2) is 19.5 Å². The lowest BCUT2D eigenvalue weighted by molar-refractivity contribution is -0.386. The van der Waals surface area contributed by atoms with Gasteiger partial charge in [0.05, 0.1) is 4.92 Å². The Labute approximate surface area is 103 Å². The molecule has 0 bridgehead atoms.